The second-order valence-corrected chi connectivity index (χ2v) is 4.52. The zero-order valence-corrected chi connectivity index (χ0v) is 8.05. The van der Waals surface area contributed by atoms with E-state index in [-0.39, 0.29) is 10.8 Å². The summed E-state index contributed by atoms with van der Waals surface area (Å²) in [6, 6.07) is 0. The zero-order valence-electron chi connectivity index (χ0n) is 8.05. The monoisotopic (exact) mass is 155 g/mol. The summed E-state index contributed by atoms with van der Waals surface area (Å²) in [4.78, 5) is 2.76. The minimum absolute atomic E-state index is 0.0687. The summed E-state index contributed by atoms with van der Waals surface area (Å²) in [6.45, 7) is 11.2. The third-order valence-electron chi connectivity index (χ3n) is 2.56. The molecule has 0 unspecified atom stereocenters. The highest BCUT2D eigenvalue weighted by molar-refractivity contribution is 4.84. The Morgan fingerprint density at radius 1 is 1.18 bits per heavy atom. The van der Waals surface area contributed by atoms with Crippen LogP contribution in [0.25, 0.3) is 10.4 Å². The second-order valence-electron chi connectivity index (χ2n) is 4.52. The Morgan fingerprint density at radius 2 is 1.64 bits per heavy atom. The molecule has 3 heteroatoms. The topological polar surface area (TPSA) is 48.8 Å². The van der Waals surface area contributed by atoms with Gasteiger partial charge >= 0.3 is 0 Å². The van der Waals surface area contributed by atoms with Gasteiger partial charge in [0.15, 0.2) is 0 Å². The van der Waals surface area contributed by atoms with E-state index in [0.29, 0.717) is 6.54 Å². The van der Waals surface area contributed by atoms with E-state index in [4.69, 9.17) is 5.53 Å². The molecule has 0 aromatic carbocycles. The fourth-order valence-corrected chi connectivity index (χ4v) is 0.446. The predicted molar refractivity (Wildman–Crippen MR) is 47.2 cm³/mol. The number of azide groups is 1. The van der Waals surface area contributed by atoms with Crippen molar-refractivity contribution in [3.05, 3.63) is 10.4 Å². The largest absolute Gasteiger partial charge is 0.0934 e. The van der Waals surface area contributed by atoms with Crippen molar-refractivity contribution in [2.45, 2.75) is 34.6 Å². The van der Waals surface area contributed by atoms with Crippen LogP contribution in [0.1, 0.15) is 34.6 Å². The molecule has 0 bridgehead atoms. The first-order valence-electron chi connectivity index (χ1n) is 3.82. The molecule has 0 heterocycles. The lowest BCUT2D eigenvalue weighted by Crippen LogP contribution is -2.32. The van der Waals surface area contributed by atoms with Gasteiger partial charge in [-0.3, -0.25) is 0 Å². The Morgan fingerprint density at radius 3 is 1.91 bits per heavy atom. The first-order valence-corrected chi connectivity index (χ1v) is 3.82. The fraction of sp³-hybridized carbons (Fsp3) is 1.00. The molecule has 0 fully saturated rings. The molecule has 0 aromatic rings. The third kappa shape index (κ3) is 2.81. The summed E-state index contributed by atoms with van der Waals surface area (Å²) < 4.78 is 0. The van der Waals surface area contributed by atoms with Gasteiger partial charge in [-0.25, -0.2) is 0 Å². The van der Waals surface area contributed by atoms with Crippen LogP contribution in [-0.4, -0.2) is 6.54 Å². The van der Waals surface area contributed by atoms with Gasteiger partial charge in [0.1, 0.15) is 0 Å². The molecule has 0 aliphatic carbocycles. The highest BCUT2D eigenvalue weighted by Gasteiger charge is 2.31. The SMILES string of the molecule is CC(C)(C)C(C)(C)CN=[N+]=[N-]. The molecule has 0 saturated heterocycles. The van der Waals surface area contributed by atoms with Gasteiger partial charge in [0.25, 0.3) is 0 Å². The quantitative estimate of drug-likeness (QED) is 0.333. The second kappa shape index (κ2) is 3.14. The van der Waals surface area contributed by atoms with Crippen LogP contribution in [0.3, 0.4) is 0 Å². The van der Waals surface area contributed by atoms with E-state index in [0.717, 1.165) is 0 Å². The molecule has 64 valence electrons. The van der Waals surface area contributed by atoms with Crippen molar-refractivity contribution in [1.29, 1.82) is 0 Å². The van der Waals surface area contributed by atoms with Crippen LogP contribution >= 0.6 is 0 Å². The van der Waals surface area contributed by atoms with Gasteiger partial charge in [-0.2, -0.15) is 0 Å². The smallest absolute Gasteiger partial charge is 0.0314 e. The number of rotatable bonds is 2. The summed E-state index contributed by atoms with van der Waals surface area (Å²) in [5.41, 5.74) is 8.40. The average molecular weight is 155 g/mol. The molecule has 0 atom stereocenters. The maximum atomic E-state index is 8.15. The van der Waals surface area contributed by atoms with E-state index in [1.165, 1.54) is 0 Å². The zero-order chi connectivity index (χ0) is 9.12. The lowest BCUT2D eigenvalue weighted by Gasteiger charge is -2.37. The first kappa shape index (κ1) is 10.3. The van der Waals surface area contributed by atoms with Gasteiger partial charge < -0.3 is 0 Å². The van der Waals surface area contributed by atoms with Crippen LogP contribution < -0.4 is 0 Å². The standard InChI is InChI=1S/C8H17N3/c1-7(2,3)8(4,5)6-10-11-9/h6H2,1-5H3. The minimum Gasteiger partial charge on any atom is -0.0934 e. The highest BCUT2D eigenvalue weighted by Crippen LogP contribution is 2.37. The summed E-state index contributed by atoms with van der Waals surface area (Å²) in [5.74, 6) is 0. The Kier molecular flexibility index (Phi) is 2.94. The molecule has 0 radical (unpaired) electrons. The third-order valence-corrected chi connectivity index (χ3v) is 2.56. The summed E-state index contributed by atoms with van der Waals surface area (Å²) in [7, 11) is 0. The van der Waals surface area contributed by atoms with Crippen LogP contribution in [0, 0.1) is 10.8 Å². The molecule has 3 nitrogen and oxygen atoms in total. The van der Waals surface area contributed by atoms with Crippen molar-refractivity contribution in [2.75, 3.05) is 6.54 Å². The van der Waals surface area contributed by atoms with E-state index in [9.17, 15) is 0 Å². The van der Waals surface area contributed by atoms with Crippen LogP contribution in [0.2, 0.25) is 0 Å². The van der Waals surface area contributed by atoms with Crippen molar-refractivity contribution in [3.63, 3.8) is 0 Å². The lowest BCUT2D eigenvalue weighted by molar-refractivity contribution is 0.142. The van der Waals surface area contributed by atoms with Crippen molar-refractivity contribution in [2.24, 2.45) is 15.9 Å². The molecule has 11 heavy (non-hydrogen) atoms. The van der Waals surface area contributed by atoms with Gasteiger partial charge in [0.05, 0.1) is 0 Å². The fourth-order valence-electron chi connectivity index (χ4n) is 0.446. The van der Waals surface area contributed by atoms with Gasteiger partial charge in [-0.05, 0) is 16.4 Å². The summed E-state index contributed by atoms with van der Waals surface area (Å²) >= 11 is 0. The molecule has 0 aliphatic heterocycles. The Labute approximate surface area is 68.4 Å². The van der Waals surface area contributed by atoms with Crippen LogP contribution in [-0.2, 0) is 0 Å². The van der Waals surface area contributed by atoms with Crippen molar-refractivity contribution < 1.29 is 0 Å². The van der Waals surface area contributed by atoms with Gasteiger partial charge in [-0.15, -0.1) is 0 Å². The normalized spacial score (nSPS) is 12.5. The molecule has 0 spiro atoms. The Bertz CT molecular complexity index is 170. The molecular weight excluding hydrogens is 138 g/mol. The van der Waals surface area contributed by atoms with Crippen LogP contribution in [0.15, 0.2) is 5.11 Å². The number of nitrogens with zero attached hydrogens (tertiary/aromatic N) is 3. The molecule has 0 aromatic heterocycles. The highest BCUT2D eigenvalue weighted by atomic mass is 15.1. The lowest BCUT2D eigenvalue weighted by atomic mass is 9.69. The van der Waals surface area contributed by atoms with Crippen LogP contribution in [0.4, 0.5) is 0 Å². The summed E-state index contributed by atoms with van der Waals surface area (Å²) in [5, 5.41) is 3.59. The maximum absolute atomic E-state index is 8.15. The Balaban J connectivity index is 4.33. The van der Waals surface area contributed by atoms with E-state index in [1.807, 2.05) is 0 Å². The van der Waals surface area contributed by atoms with E-state index in [1.54, 1.807) is 0 Å². The Hall–Kier alpha value is -0.690. The number of hydrogen-bond acceptors (Lipinski definition) is 1. The van der Waals surface area contributed by atoms with E-state index >= 15 is 0 Å². The molecule has 0 aliphatic rings. The van der Waals surface area contributed by atoms with E-state index in [2.05, 4.69) is 44.6 Å². The van der Waals surface area contributed by atoms with E-state index < -0.39 is 0 Å². The predicted octanol–water partition coefficient (Wildman–Crippen LogP) is 3.37. The van der Waals surface area contributed by atoms with Gasteiger partial charge in [0.2, 0.25) is 0 Å². The van der Waals surface area contributed by atoms with Crippen molar-refractivity contribution in [1.82, 2.24) is 0 Å². The molecule has 0 rings (SSSR count). The molecule has 0 saturated carbocycles. The van der Waals surface area contributed by atoms with Gasteiger partial charge in [0, 0.05) is 11.5 Å². The molecule has 0 N–H and O–H groups in total. The van der Waals surface area contributed by atoms with Crippen molar-refractivity contribution >= 4 is 0 Å². The summed E-state index contributed by atoms with van der Waals surface area (Å²) in [6.07, 6.45) is 0. The minimum atomic E-state index is 0.0687. The van der Waals surface area contributed by atoms with Gasteiger partial charge in [-0.1, -0.05) is 39.7 Å². The van der Waals surface area contributed by atoms with Crippen LogP contribution in [0.5, 0.6) is 0 Å². The average Bonchev–Trinajstić information content (AvgIpc) is 1.81. The maximum Gasteiger partial charge on any atom is 0.0314 e. The first-order chi connectivity index (χ1) is 4.81. The molecular formula is C8H17N3. The number of hydrogen-bond donors (Lipinski definition) is 0. The van der Waals surface area contributed by atoms with Crippen molar-refractivity contribution in [3.8, 4) is 0 Å². The molecule has 0 amide bonds.